The summed E-state index contributed by atoms with van der Waals surface area (Å²) >= 11 is 2.05. The van der Waals surface area contributed by atoms with Crippen molar-refractivity contribution < 1.29 is 0 Å². The molecule has 1 aromatic heterocycles. The van der Waals surface area contributed by atoms with Gasteiger partial charge in [0, 0.05) is 18.8 Å². The maximum atomic E-state index is 4.05. The predicted molar refractivity (Wildman–Crippen MR) is 59.2 cm³/mol. The van der Waals surface area contributed by atoms with Gasteiger partial charge in [-0.3, -0.25) is 0 Å². The van der Waals surface area contributed by atoms with Crippen LogP contribution in [-0.2, 0) is 6.54 Å². The fourth-order valence-corrected chi connectivity index (χ4v) is 2.68. The lowest BCUT2D eigenvalue weighted by molar-refractivity contribution is 0.477. The summed E-state index contributed by atoms with van der Waals surface area (Å²) in [5.41, 5.74) is 1.03. The molecule has 0 atom stereocenters. The Morgan fingerprint density at radius 3 is 3.00 bits per heavy atom. The lowest BCUT2D eigenvalue weighted by Gasteiger charge is -2.22. The minimum Gasteiger partial charge on any atom is -0.308 e. The minimum absolute atomic E-state index is 0.679. The number of aromatic nitrogens is 2. The predicted octanol–water partition coefficient (Wildman–Crippen LogP) is 1.46. The summed E-state index contributed by atoms with van der Waals surface area (Å²) in [5.74, 6) is 2.58. The smallest absolute Gasteiger partial charge is 0.0769 e. The summed E-state index contributed by atoms with van der Waals surface area (Å²) in [6.45, 7) is 0.850. The van der Waals surface area contributed by atoms with Crippen LogP contribution in [0.1, 0.15) is 18.5 Å². The first-order valence-corrected chi connectivity index (χ1v) is 6.18. The van der Waals surface area contributed by atoms with E-state index in [4.69, 9.17) is 0 Å². The topological polar surface area (TPSA) is 37.8 Å². The van der Waals surface area contributed by atoms with Gasteiger partial charge in [-0.2, -0.15) is 22.0 Å². The number of nitrogens with zero attached hydrogens (tertiary/aromatic N) is 2. The number of rotatable bonds is 3. The van der Waals surface area contributed by atoms with E-state index in [-0.39, 0.29) is 0 Å². The number of hydrogen-bond acceptors (Lipinski definition) is 4. The van der Waals surface area contributed by atoms with Crippen molar-refractivity contribution in [3.63, 3.8) is 0 Å². The second kappa shape index (κ2) is 5.32. The van der Waals surface area contributed by atoms with Gasteiger partial charge in [0.2, 0.25) is 0 Å². The molecule has 1 aliphatic rings. The van der Waals surface area contributed by atoms with E-state index in [0.29, 0.717) is 6.04 Å². The molecule has 2 heterocycles. The zero-order chi connectivity index (χ0) is 9.64. The lowest BCUT2D eigenvalue weighted by atomic mass is 10.1. The fraction of sp³-hybridized carbons (Fsp3) is 0.600. The number of thioether (sulfide) groups is 1. The maximum absolute atomic E-state index is 4.05. The summed E-state index contributed by atoms with van der Waals surface area (Å²) in [6, 6.07) is 4.62. The Morgan fingerprint density at radius 1 is 1.43 bits per heavy atom. The van der Waals surface area contributed by atoms with Gasteiger partial charge in [-0.05, 0) is 36.5 Å². The van der Waals surface area contributed by atoms with E-state index in [1.807, 2.05) is 12.1 Å². The molecule has 1 saturated heterocycles. The van der Waals surface area contributed by atoms with E-state index in [2.05, 4.69) is 27.3 Å². The molecule has 0 spiro atoms. The SMILES string of the molecule is c1cnnc(CNC2CCSCC2)c1. The van der Waals surface area contributed by atoms with Gasteiger partial charge in [0.25, 0.3) is 0 Å². The van der Waals surface area contributed by atoms with Gasteiger partial charge in [0.1, 0.15) is 0 Å². The van der Waals surface area contributed by atoms with Crippen molar-refractivity contribution in [3.8, 4) is 0 Å². The lowest BCUT2D eigenvalue weighted by Crippen LogP contribution is -2.32. The molecule has 0 aliphatic carbocycles. The summed E-state index contributed by atoms with van der Waals surface area (Å²) in [7, 11) is 0. The summed E-state index contributed by atoms with van der Waals surface area (Å²) < 4.78 is 0. The Balaban J connectivity index is 1.76. The molecule has 1 N–H and O–H groups in total. The molecule has 0 bridgehead atoms. The third kappa shape index (κ3) is 2.96. The normalized spacial score (nSPS) is 18.3. The second-order valence-corrected chi connectivity index (χ2v) is 4.71. The summed E-state index contributed by atoms with van der Waals surface area (Å²) in [5, 5.41) is 11.4. The Kier molecular flexibility index (Phi) is 3.77. The van der Waals surface area contributed by atoms with Gasteiger partial charge in [-0.25, -0.2) is 0 Å². The fourth-order valence-electron chi connectivity index (χ4n) is 1.58. The van der Waals surface area contributed by atoms with Gasteiger partial charge >= 0.3 is 0 Å². The Bertz CT molecular complexity index is 259. The van der Waals surface area contributed by atoms with Crippen molar-refractivity contribution in [2.45, 2.75) is 25.4 Å². The van der Waals surface area contributed by atoms with Crippen LogP contribution in [-0.4, -0.2) is 27.7 Å². The first-order valence-electron chi connectivity index (χ1n) is 5.03. The van der Waals surface area contributed by atoms with Crippen LogP contribution in [0.4, 0.5) is 0 Å². The van der Waals surface area contributed by atoms with Crippen molar-refractivity contribution in [1.29, 1.82) is 0 Å². The van der Waals surface area contributed by atoms with Crippen molar-refractivity contribution in [1.82, 2.24) is 15.5 Å². The van der Waals surface area contributed by atoms with Crippen molar-refractivity contribution >= 4 is 11.8 Å². The summed E-state index contributed by atoms with van der Waals surface area (Å²) in [6.07, 6.45) is 4.27. The Hall–Kier alpha value is -0.610. The molecule has 1 fully saturated rings. The van der Waals surface area contributed by atoms with E-state index in [1.165, 1.54) is 24.3 Å². The molecule has 0 radical (unpaired) electrons. The van der Waals surface area contributed by atoms with Crippen LogP contribution >= 0.6 is 11.8 Å². The molecule has 1 aliphatic heterocycles. The van der Waals surface area contributed by atoms with Crippen molar-refractivity contribution in [2.75, 3.05) is 11.5 Å². The number of nitrogens with one attached hydrogen (secondary N) is 1. The monoisotopic (exact) mass is 209 g/mol. The number of hydrogen-bond donors (Lipinski definition) is 1. The molecule has 0 saturated carbocycles. The van der Waals surface area contributed by atoms with Crippen LogP contribution in [0.3, 0.4) is 0 Å². The summed E-state index contributed by atoms with van der Waals surface area (Å²) in [4.78, 5) is 0. The quantitative estimate of drug-likeness (QED) is 0.818. The van der Waals surface area contributed by atoms with Crippen LogP contribution < -0.4 is 5.32 Å². The molecule has 14 heavy (non-hydrogen) atoms. The Morgan fingerprint density at radius 2 is 2.29 bits per heavy atom. The first-order chi connectivity index (χ1) is 6.95. The Labute approximate surface area is 88.7 Å². The van der Waals surface area contributed by atoms with E-state index < -0.39 is 0 Å². The van der Waals surface area contributed by atoms with Gasteiger partial charge in [0.05, 0.1) is 5.69 Å². The third-order valence-electron chi connectivity index (χ3n) is 2.42. The highest BCUT2D eigenvalue weighted by Crippen LogP contribution is 2.16. The highest BCUT2D eigenvalue weighted by Gasteiger charge is 2.12. The highest BCUT2D eigenvalue weighted by atomic mass is 32.2. The molecule has 0 amide bonds. The van der Waals surface area contributed by atoms with Gasteiger partial charge in [-0.1, -0.05) is 0 Å². The van der Waals surface area contributed by atoms with Gasteiger partial charge < -0.3 is 5.32 Å². The molecule has 3 nitrogen and oxygen atoms in total. The van der Waals surface area contributed by atoms with Crippen LogP contribution in [0.15, 0.2) is 18.3 Å². The molecule has 0 unspecified atom stereocenters. The average molecular weight is 209 g/mol. The largest absolute Gasteiger partial charge is 0.308 e. The van der Waals surface area contributed by atoms with Crippen molar-refractivity contribution in [2.24, 2.45) is 0 Å². The highest BCUT2D eigenvalue weighted by molar-refractivity contribution is 7.99. The molecular formula is C10H15N3S. The average Bonchev–Trinajstić information content (AvgIpc) is 2.29. The maximum Gasteiger partial charge on any atom is 0.0769 e. The second-order valence-electron chi connectivity index (χ2n) is 3.48. The molecular weight excluding hydrogens is 194 g/mol. The standard InChI is InChI=1S/C10H15N3S/c1-2-10(13-12-5-1)8-11-9-3-6-14-7-4-9/h1-2,5,9,11H,3-4,6-8H2. The zero-order valence-electron chi connectivity index (χ0n) is 8.15. The van der Waals surface area contributed by atoms with Gasteiger partial charge in [0.15, 0.2) is 0 Å². The van der Waals surface area contributed by atoms with Crippen LogP contribution in [0.25, 0.3) is 0 Å². The molecule has 1 aromatic rings. The van der Waals surface area contributed by atoms with E-state index in [1.54, 1.807) is 6.20 Å². The van der Waals surface area contributed by atoms with Crippen molar-refractivity contribution in [3.05, 3.63) is 24.0 Å². The van der Waals surface area contributed by atoms with Crippen LogP contribution in [0.2, 0.25) is 0 Å². The van der Waals surface area contributed by atoms with Crippen LogP contribution in [0, 0.1) is 0 Å². The van der Waals surface area contributed by atoms with E-state index in [0.717, 1.165) is 12.2 Å². The minimum atomic E-state index is 0.679. The zero-order valence-corrected chi connectivity index (χ0v) is 8.96. The molecule has 76 valence electrons. The van der Waals surface area contributed by atoms with E-state index >= 15 is 0 Å². The third-order valence-corrected chi connectivity index (χ3v) is 3.47. The molecule has 2 rings (SSSR count). The molecule has 4 heteroatoms. The first kappa shape index (κ1) is 9.93. The van der Waals surface area contributed by atoms with Gasteiger partial charge in [-0.15, -0.1) is 0 Å². The van der Waals surface area contributed by atoms with E-state index in [9.17, 15) is 0 Å². The van der Waals surface area contributed by atoms with Crippen LogP contribution in [0.5, 0.6) is 0 Å². The molecule has 0 aromatic carbocycles.